The second kappa shape index (κ2) is 8.85. The third-order valence-corrected chi connectivity index (χ3v) is 6.56. The fourth-order valence-corrected chi connectivity index (χ4v) is 4.78. The first-order chi connectivity index (χ1) is 13.6. The second-order valence-electron chi connectivity index (χ2n) is 9.60. The van der Waals surface area contributed by atoms with E-state index in [1.54, 1.807) is 7.11 Å². The molecule has 1 heterocycles. The van der Waals surface area contributed by atoms with E-state index in [0.717, 1.165) is 55.7 Å². The predicted molar refractivity (Wildman–Crippen MR) is 115 cm³/mol. The largest absolute Gasteiger partial charge is 0.466 e. The molecule has 0 spiro atoms. The van der Waals surface area contributed by atoms with E-state index in [2.05, 4.69) is 6.08 Å². The number of carbonyl (C=O) groups is 1. The Morgan fingerprint density at radius 2 is 2.14 bits per heavy atom. The van der Waals surface area contributed by atoms with Crippen molar-refractivity contribution in [3.8, 4) is 0 Å². The molecule has 162 valence electrons. The molecule has 1 aliphatic heterocycles. The zero-order valence-corrected chi connectivity index (χ0v) is 19.2. The molecule has 3 rings (SSSR count). The Hall–Kier alpha value is -1.26. The van der Waals surface area contributed by atoms with Crippen LogP contribution in [0.25, 0.3) is 0 Å². The maximum absolute atomic E-state index is 12.1. The minimum Gasteiger partial charge on any atom is -0.466 e. The van der Waals surface area contributed by atoms with Gasteiger partial charge in [0.25, 0.3) is 0 Å². The summed E-state index contributed by atoms with van der Waals surface area (Å²) in [5.41, 5.74) is 2.33. The van der Waals surface area contributed by atoms with E-state index < -0.39 is 11.2 Å². The Kier molecular flexibility index (Phi) is 6.84. The summed E-state index contributed by atoms with van der Waals surface area (Å²) in [6, 6.07) is 0. The van der Waals surface area contributed by atoms with Crippen LogP contribution in [-0.4, -0.2) is 25.5 Å². The predicted octanol–water partition coefficient (Wildman–Crippen LogP) is 6.26. The highest BCUT2D eigenvalue weighted by Crippen LogP contribution is 2.50. The van der Waals surface area contributed by atoms with E-state index >= 15 is 0 Å². The van der Waals surface area contributed by atoms with Crippen LogP contribution in [0.5, 0.6) is 0 Å². The number of halogens is 1. The van der Waals surface area contributed by atoms with Crippen molar-refractivity contribution in [2.24, 2.45) is 17.3 Å². The van der Waals surface area contributed by atoms with Gasteiger partial charge in [-0.2, -0.15) is 0 Å². The molecule has 0 saturated heterocycles. The number of hydrogen-bond donors (Lipinski definition) is 0. The molecule has 5 heteroatoms. The fraction of sp³-hybridized carbons (Fsp3) is 0.708. The zero-order chi connectivity index (χ0) is 21.2. The van der Waals surface area contributed by atoms with Gasteiger partial charge in [0.2, 0.25) is 5.79 Å². The van der Waals surface area contributed by atoms with Gasteiger partial charge in [-0.3, -0.25) is 4.79 Å². The summed E-state index contributed by atoms with van der Waals surface area (Å²) in [6.45, 7) is 8.11. The summed E-state index contributed by atoms with van der Waals surface area (Å²) in [5, 5.41) is 0.807. The van der Waals surface area contributed by atoms with Crippen molar-refractivity contribution in [3.05, 3.63) is 34.1 Å². The molecule has 3 aliphatic rings. The van der Waals surface area contributed by atoms with Gasteiger partial charge in [0.1, 0.15) is 5.76 Å². The number of rotatable bonds is 6. The lowest BCUT2D eigenvalue weighted by Crippen LogP contribution is -2.39. The van der Waals surface area contributed by atoms with Crippen LogP contribution < -0.4 is 0 Å². The molecule has 0 saturated carbocycles. The molecule has 0 aromatic carbocycles. The third kappa shape index (κ3) is 5.08. The number of hydrogen-bond acceptors (Lipinski definition) is 4. The van der Waals surface area contributed by atoms with Gasteiger partial charge in [-0.1, -0.05) is 23.8 Å². The molecule has 29 heavy (non-hydrogen) atoms. The van der Waals surface area contributed by atoms with Crippen LogP contribution in [0, 0.1) is 17.3 Å². The SMILES string of the molecule is COC1(CCC=C(C)Cl)CCC2=C(CCC3C2=CC[C@@H]3COC(=O)C(C)(C)C)O1. The number of fused-ring (bicyclic) bond motifs is 2. The Morgan fingerprint density at radius 1 is 1.38 bits per heavy atom. The van der Waals surface area contributed by atoms with Gasteiger partial charge in [-0.15, -0.1) is 0 Å². The smallest absolute Gasteiger partial charge is 0.311 e. The van der Waals surface area contributed by atoms with Crippen molar-refractivity contribution in [2.75, 3.05) is 13.7 Å². The molecule has 3 atom stereocenters. The maximum Gasteiger partial charge on any atom is 0.311 e. The first-order valence-electron chi connectivity index (χ1n) is 10.8. The Bertz CT molecular complexity index is 724. The molecule has 0 aromatic heterocycles. The van der Waals surface area contributed by atoms with E-state index in [0.29, 0.717) is 18.4 Å². The highest BCUT2D eigenvalue weighted by molar-refractivity contribution is 6.29. The maximum atomic E-state index is 12.1. The Labute approximate surface area is 180 Å². The van der Waals surface area contributed by atoms with Crippen LogP contribution in [0.3, 0.4) is 0 Å². The number of ether oxygens (including phenoxy) is 3. The van der Waals surface area contributed by atoms with Crippen LogP contribution in [0.15, 0.2) is 34.1 Å². The minimum absolute atomic E-state index is 0.117. The summed E-state index contributed by atoms with van der Waals surface area (Å²) in [5.74, 6) is 1.29. The Balaban J connectivity index is 1.64. The van der Waals surface area contributed by atoms with E-state index in [-0.39, 0.29) is 5.97 Å². The van der Waals surface area contributed by atoms with Crippen LogP contribution in [0.1, 0.15) is 72.6 Å². The number of methoxy groups -OCH3 is 1. The van der Waals surface area contributed by atoms with Crippen LogP contribution in [0.4, 0.5) is 0 Å². The molecule has 2 aliphatic carbocycles. The lowest BCUT2D eigenvalue weighted by Gasteiger charge is -2.42. The van der Waals surface area contributed by atoms with Crippen molar-refractivity contribution in [2.45, 2.75) is 78.4 Å². The molecule has 4 nitrogen and oxygen atoms in total. The monoisotopic (exact) mass is 422 g/mol. The highest BCUT2D eigenvalue weighted by Gasteiger charge is 2.43. The van der Waals surface area contributed by atoms with E-state index in [1.807, 2.05) is 33.8 Å². The highest BCUT2D eigenvalue weighted by atomic mass is 35.5. The van der Waals surface area contributed by atoms with Crippen molar-refractivity contribution in [3.63, 3.8) is 0 Å². The lowest BCUT2D eigenvalue weighted by atomic mass is 9.76. The second-order valence-corrected chi connectivity index (χ2v) is 10.2. The summed E-state index contributed by atoms with van der Waals surface area (Å²) >= 11 is 5.97. The van der Waals surface area contributed by atoms with Gasteiger partial charge in [-0.25, -0.2) is 0 Å². The first kappa shape index (κ1) is 22.4. The van der Waals surface area contributed by atoms with Gasteiger partial charge < -0.3 is 14.2 Å². The van der Waals surface area contributed by atoms with Crippen LogP contribution >= 0.6 is 11.6 Å². The molecular formula is C24H35ClO4. The van der Waals surface area contributed by atoms with E-state index in [4.69, 9.17) is 25.8 Å². The summed E-state index contributed by atoms with van der Waals surface area (Å²) < 4.78 is 17.9. The van der Waals surface area contributed by atoms with E-state index in [9.17, 15) is 4.79 Å². The molecule has 0 aromatic rings. The van der Waals surface area contributed by atoms with Crippen molar-refractivity contribution in [1.82, 2.24) is 0 Å². The van der Waals surface area contributed by atoms with Crippen molar-refractivity contribution in [1.29, 1.82) is 0 Å². The molecule has 2 unspecified atom stereocenters. The quantitative estimate of drug-likeness (QED) is 0.473. The van der Waals surface area contributed by atoms with Gasteiger partial charge in [0, 0.05) is 37.3 Å². The van der Waals surface area contributed by atoms with Crippen molar-refractivity contribution < 1.29 is 19.0 Å². The number of carbonyl (C=O) groups excluding carboxylic acids is 1. The standard InChI is InChI=1S/C24H35ClO4/c1-16(25)7-6-13-24(27-5)14-12-20-19-9-8-17(15-28-22(26)23(2,3)4)18(19)10-11-21(20)29-24/h7,9,17-18H,6,8,10-15H2,1-5H3/t17-,18?,24?/m1/s1. The number of allylic oxidation sites excluding steroid dienone is 6. The van der Waals surface area contributed by atoms with Gasteiger partial charge in [-0.05, 0) is 70.4 Å². The first-order valence-corrected chi connectivity index (χ1v) is 11.2. The average Bonchev–Trinajstić information content (AvgIpc) is 3.08. The minimum atomic E-state index is -0.546. The van der Waals surface area contributed by atoms with Gasteiger partial charge in [0.05, 0.1) is 12.0 Å². The van der Waals surface area contributed by atoms with Gasteiger partial charge in [0.15, 0.2) is 0 Å². The average molecular weight is 423 g/mol. The van der Waals surface area contributed by atoms with Crippen LogP contribution in [0.2, 0.25) is 0 Å². The summed E-state index contributed by atoms with van der Waals surface area (Å²) in [4.78, 5) is 12.1. The molecule has 0 amide bonds. The normalized spacial score (nSPS) is 29.7. The topological polar surface area (TPSA) is 44.8 Å². The molecule has 0 bridgehead atoms. The van der Waals surface area contributed by atoms with Crippen LogP contribution in [-0.2, 0) is 19.0 Å². The fourth-order valence-electron chi connectivity index (χ4n) is 4.67. The zero-order valence-electron chi connectivity index (χ0n) is 18.5. The van der Waals surface area contributed by atoms with E-state index in [1.165, 1.54) is 11.1 Å². The lowest BCUT2D eigenvalue weighted by molar-refractivity contribution is -0.216. The summed E-state index contributed by atoms with van der Waals surface area (Å²) in [6.07, 6.45) is 10.8. The summed E-state index contributed by atoms with van der Waals surface area (Å²) in [7, 11) is 1.74. The molecule has 0 N–H and O–H groups in total. The Morgan fingerprint density at radius 3 is 2.79 bits per heavy atom. The number of esters is 1. The van der Waals surface area contributed by atoms with Gasteiger partial charge >= 0.3 is 5.97 Å². The molecular weight excluding hydrogens is 388 g/mol. The van der Waals surface area contributed by atoms with Crippen molar-refractivity contribution >= 4 is 17.6 Å². The molecule has 0 fully saturated rings. The third-order valence-electron chi connectivity index (χ3n) is 6.41. The molecule has 0 radical (unpaired) electrons.